The van der Waals surface area contributed by atoms with Crippen LogP contribution in [0.25, 0.3) is 33.3 Å². The van der Waals surface area contributed by atoms with Crippen molar-refractivity contribution in [2.75, 3.05) is 0 Å². The maximum Gasteiger partial charge on any atom is 0.250 e. The lowest BCUT2D eigenvalue weighted by atomic mass is 9.95. The molecule has 0 unspecified atom stereocenters. The van der Waals surface area contributed by atoms with E-state index in [0.29, 0.717) is 12.1 Å². The van der Waals surface area contributed by atoms with Crippen LogP contribution in [0.2, 0.25) is 0 Å². The van der Waals surface area contributed by atoms with Gasteiger partial charge in [0.15, 0.2) is 0 Å². The van der Waals surface area contributed by atoms with Crippen molar-refractivity contribution in [3.63, 3.8) is 0 Å². The summed E-state index contributed by atoms with van der Waals surface area (Å²) in [6, 6.07) is 23.8. The number of hydrogen-bond acceptors (Lipinski definition) is 3. The van der Waals surface area contributed by atoms with Gasteiger partial charge in [-0.15, -0.1) is 0 Å². The van der Waals surface area contributed by atoms with Gasteiger partial charge in [-0.05, 0) is 34.4 Å². The zero-order chi connectivity index (χ0) is 21.8. The third-order valence-corrected chi connectivity index (χ3v) is 5.13. The van der Waals surface area contributed by atoms with E-state index in [0.717, 1.165) is 38.9 Å². The molecule has 3 aromatic carbocycles. The molecule has 6 nitrogen and oxygen atoms in total. The summed E-state index contributed by atoms with van der Waals surface area (Å²) in [5.41, 5.74) is 17.9. The fourth-order valence-corrected chi connectivity index (χ4v) is 3.55. The fraction of sp³-hybridized carbons (Fsp3) is 0.0400. The van der Waals surface area contributed by atoms with Gasteiger partial charge in [0.1, 0.15) is 0 Å². The first-order chi connectivity index (χ1) is 15.1. The van der Waals surface area contributed by atoms with Crippen LogP contribution >= 0.6 is 0 Å². The van der Waals surface area contributed by atoms with Crippen molar-refractivity contribution in [1.29, 1.82) is 0 Å². The van der Waals surface area contributed by atoms with E-state index in [-0.39, 0.29) is 5.91 Å². The number of nitrogens with two attached hydrogens (primary N) is 2. The Bertz CT molecular complexity index is 1290. The number of primary amides is 1. The monoisotopic (exact) mass is 410 g/mol. The molecule has 0 saturated heterocycles. The van der Waals surface area contributed by atoms with Gasteiger partial charge < -0.3 is 21.8 Å². The molecule has 0 spiro atoms. The standard InChI is InChI=1S/C22H19N3O.C3H3NO/c23-13-15-8-4-5-9-16(15)17-10-11-18(22(24)26)21-19(17)12-20(25-21)14-6-2-1-3-7-14;5-3-1-2-4-3/h1-12,25H,13,23H2,(H2,24,26);1-2H,(H,4,5). The molecule has 0 atom stereocenters. The van der Waals surface area contributed by atoms with E-state index in [1.807, 2.05) is 54.6 Å². The summed E-state index contributed by atoms with van der Waals surface area (Å²) in [4.78, 5) is 25.0. The van der Waals surface area contributed by atoms with Crippen LogP contribution in [0.5, 0.6) is 0 Å². The molecule has 154 valence electrons. The highest BCUT2D eigenvalue weighted by atomic mass is 16.2. The molecule has 0 bridgehead atoms. The third kappa shape index (κ3) is 4.10. The van der Waals surface area contributed by atoms with Crippen molar-refractivity contribution < 1.29 is 9.59 Å². The minimum Gasteiger partial charge on any atom is -0.366 e. The Morgan fingerprint density at radius 3 is 2.19 bits per heavy atom. The molecule has 0 radical (unpaired) electrons. The van der Waals surface area contributed by atoms with Gasteiger partial charge in [-0.3, -0.25) is 9.59 Å². The zero-order valence-electron chi connectivity index (χ0n) is 16.8. The molecule has 5 rings (SSSR count). The number of benzene rings is 3. The molecular weight excluding hydrogens is 388 g/mol. The topological polar surface area (TPSA) is 114 Å². The van der Waals surface area contributed by atoms with E-state index in [2.05, 4.69) is 22.4 Å². The van der Waals surface area contributed by atoms with Crippen molar-refractivity contribution in [1.82, 2.24) is 10.3 Å². The SMILES string of the molecule is NCc1ccccc1-c1ccc(C(N)=O)c2[nH]c(-c3ccccc3)cc12.O=C1C=CN1. The number of hydrogen-bond donors (Lipinski definition) is 4. The molecule has 0 saturated carbocycles. The molecule has 1 aromatic heterocycles. The average Bonchev–Trinajstić information content (AvgIpc) is 3.23. The van der Waals surface area contributed by atoms with Gasteiger partial charge in [0.2, 0.25) is 5.91 Å². The van der Waals surface area contributed by atoms with Gasteiger partial charge in [-0.25, -0.2) is 0 Å². The van der Waals surface area contributed by atoms with E-state index >= 15 is 0 Å². The van der Waals surface area contributed by atoms with Gasteiger partial charge in [0, 0.05) is 29.9 Å². The molecule has 0 aliphatic carbocycles. The lowest BCUT2D eigenvalue weighted by Crippen LogP contribution is -2.22. The number of aromatic nitrogens is 1. The molecular formula is C25H22N4O2. The van der Waals surface area contributed by atoms with Gasteiger partial charge in [0.25, 0.3) is 5.91 Å². The molecule has 0 fully saturated rings. The number of rotatable bonds is 4. The molecule has 6 heteroatoms. The smallest absolute Gasteiger partial charge is 0.250 e. The van der Waals surface area contributed by atoms with Gasteiger partial charge in [-0.2, -0.15) is 0 Å². The van der Waals surface area contributed by atoms with Crippen LogP contribution in [0.4, 0.5) is 0 Å². The summed E-state index contributed by atoms with van der Waals surface area (Å²) in [7, 11) is 0. The molecule has 4 aromatic rings. The largest absolute Gasteiger partial charge is 0.366 e. The quantitative estimate of drug-likeness (QED) is 0.411. The van der Waals surface area contributed by atoms with Crippen LogP contribution in [0.3, 0.4) is 0 Å². The minimum absolute atomic E-state index is 0.00463. The number of amides is 2. The number of H-pyrrole nitrogens is 1. The summed E-state index contributed by atoms with van der Waals surface area (Å²) >= 11 is 0. The Kier molecular flexibility index (Phi) is 5.64. The van der Waals surface area contributed by atoms with E-state index < -0.39 is 5.91 Å². The van der Waals surface area contributed by atoms with Crippen LogP contribution in [-0.2, 0) is 11.3 Å². The lowest BCUT2D eigenvalue weighted by Gasteiger charge is -2.10. The molecule has 1 aliphatic rings. The molecule has 6 N–H and O–H groups in total. The number of aromatic amines is 1. The predicted molar refractivity (Wildman–Crippen MR) is 123 cm³/mol. The van der Waals surface area contributed by atoms with Gasteiger partial charge in [0.05, 0.1) is 11.1 Å². The van der Waals surface area contributed by atoms with E-state index in [4.69, 9.17) is 11.5 Å². The summed E-state index contributed by atoms with van der Waals surface area (Å²) in [6.45, 7) is 0.450. The first kappa shape index (κ1) is 20.1. The number of nitrogens with one attached hydrogen (secondary N) is 2. The van der Waals surface area contributed by atoms with Gasteiger partial charge >= 0.3 is 0 Å². The van der Waals surface area contributed by atoms with Crippen LogP contribution in [0.15, 0.2) is 85.1 Å². The summed E-state index contributed by atoms with van der Waals surface area (Å²) in [6.07, 6.45) is 3.07. The molecule has 2 amide bonds. The minimum atomic E-state index is -0.449. The zero-order valence-corrected chi connectivity index (χ0v) is 16.8. The molecule has 1 aliphatic heterocycles. The maximum absolute atomic E-state index is 11.9. The van der Waals surface area contributed by atoms with Crippen molar-refractivity contribution in [2.45, 2.75) is 6.54 Å². The van der Waals surface area contributed by atoms with Crippen LogP contribution in [-0.4, -0.2) is 16.8 Å². The van der Waals surface area contributed by atoms with E-state index in [9.17, 15) is 9.59 Å². The Morgan fingerprint density at radius 2 is 1.58 bits per heavy atom. The molecule has 31 heavy (non-hydrogen) atoms. The van der Waals surface area contributed by atoms with E-state index in [1.165, 1.54) is 6.08 Å². The summed E-state index contributed by atoms with van der Waals surface area (Å²) in [5, 5.41) is 3.35. The first-order valence-corrected chi connectivity index (χ1v) is 9.85. The van der Waals surface area contributed by atoms with Gasteiger partial charge in [-0.1, -0.05) is 60.7 Å². The highest BCUT2D eigenvalue weighted by molar-refractivity contribution is 6.10. The highest BCUT2D eigenvalue weighted by Crippen LogP contribution is 2.35. The average molecular weight is 410 g/mol. The van der Waals surface area contributed by atoms with Crippen LogP contribution < -0.4 is 16.8 Å². The predicted octanol–water partition coefficient (Wildman–Crippen LogP) is 3.69. The number of carbonyl (C=O) groups is 2. The fourth-order valence-electron chi connectivity index (χ4n) is 3.55. The Morgan fingerprint density at radius 1 is 0.903 bits per heavy atom. The second-order valence-corrected chi connectivity index (χ2v) is 7.07. The Balaban J connectivity index is 0.000000407. The van der Waals surface area contributed by atoms with Crippen molar-refractivity contribution in [3.8, 4) is 22.4 Å². The highest BCUT2D eigenvalue weighted by Gasteiger charge is 2.16. The van der Waals surface area contributed by atoms with Crippen molar-refractivity contribution >= 4 is 22.7 Å². The normalized spacial score (nSPS) is 12.0. The lowest BCUT2D eigenvalue weighted by molar-refractivity contribution is -0.117. The number of carbonyl (C=O) groups excluding carboxylic acids is 2. The second kappa shape index (κ2) is 8.69. The third-order valence-electron chi connectivity index (χ3n) is 5.13. The van der Waals surface area contributed by atoms with Crippen LogP contribution in [0, 0.1) is 0 Å². The Hall–Kier alpha value is -4.16. The Labute approximate surface area is 179 Å². The second-order valence-electron chi connectivity index (χ2n) is 7.07. The molecule has 2 heterocycles. The summed E-state index contributed by atoms with van der Waals surface area (Å²) < 4.78 is 0. The first-order valence-electron chi connectivity index (χ1n) is 9.85. The maximum atomic E-state index is 11.9. The van der Waals surface area contributed by atoms with Crippen LogP contribution in [0.1, 0.15) is 15.9 Å². The summed E-state index contributed by atoms with van der Waals surface area (Å²) in [5.74, 6) is -0.444. The number of fused-ring (bicyclic) bond motifs is 1. The van der Waals surface area contributed by atoms with Crippen molar-refractivity contribution in [3.05, 3.63) is 96.2 Å². The van der Waals surface area contributed by atoms with E-state index in [1.54, 1.807) is 12.3 Å². The van der Waals surface area contributed by atoms with Crippen molar-refractivity contribution in [2.24, 2.45) is 11.5 Å².